The van der Waals surface area contributed by atoms with Gasteiger partial charge in [0, 0.05) is 12.3 Å². The molecule has 0 spiro atoms. The van der Waals surface area contributed by atoms with Crippen molar-refractivity contribution in [3.8, 4) is 0 Å². The van der Waals surface area contributed by atoms with Gasteiger partial charge in [-0.3, -0.25) is 5.43 Å². The first kappa shape index (κ1) is 16.0. The van der Waals surface area contributed by atoms with Crippen molar-refractivity contribution < 1.29 is 0 Å². The van der Waals surface area contributed by atoms with Crippen LogP contribution < -0.4 is 10.7 Å². The highest BCUT2D eigenvalue weighted by atomic mass is 32.1. The molecule has 2 N–H and O–H groups in total. The Bertz CT molecular complexity index is 508. The van der Waals surface area contributed by atoms with E-state index in [2.05, 4.69) is 48.7 Å². The number of benzene rings is 1. The summed E-state index contributed by atoms with van der Waals surface area (Å²) in [4.78, 5) is 0. The molecular weight excluding hydrogens is 278 g/mol. The Morgan fingerprint density at radius 2 is 2.05 bits per heavy atom. The minimum absolute atomic E-state index is 0.345. The SMILES string of the molecule is C[C@H]1C/C(=N/NC(=S)NCc2ccccc2)CC(C)(C)C1. The molecule has 1 aliphatic rings. The first-order chi connectivity index (χ1) is 9.94. The number of hydrazone groups is 1. The Balaban J connectivity index is 1.81. The molecule has 1 saturated carbocycles. The molecule has 3 nitrogen and oxygen atoms in total. The second-order valence-corrected chi connectivity index (χ2v) is 7.22. The Labute approximate surface area is 133 Å². The minimum Gasteiger partial charge on any atom is -0.357 e. The highest BCUT2D eigenvalue weighted by Gasteiger charge is 2.29. The van der Waals surface area contributed by atoms with E-state index in [-0.39, 0.29) is 0 Å². The van der Waals surface area contributed by atoms with Crippen LogP contribution in [0, 0.1) is 11.3 Å². The lowest BCUT2D eigenvalue weighted by Gasteiger charge is -2.34. The third-order valence-electron chi connectivity index (χ3n) is 3.78. The number of nitrogens with zero attached hydrogens (tertiary/aromatic N) is 1. The van der Waals surface area contributed by atoms with E-state index < -0.39 is 0 Å². The van der Waals surface area contributed by atoms with Crippen molar-refractivity contribution in [2.24, 2.45) is 16.4 Å². The summed E-state index contributed by atoms with van der Waals surface area (Å²) in [6.07, 6.45) is 3.38. The van der Waals surface area contributed by atoms with E-state index in [0.29, 0.717) is 16.4 Å². The molecular formula is C17H25N3S. The summed E-state index contributed by atoms with van der Waals surface area (Å²) in [7, 11) is 0. The normalized spacial score (nSPS) is 22.8. The molecule has 4 heteroatoms. The molecule has 1 aromatic rings. The maximum absolute atomic E-state index is 5.28. The van der Waals surface area contributed by atoms with Crippen LogP contribution in [0.3, 0.4) is 0 Å². The van der Waals surface area contributed by atoms with Crippen molar-refractivity contribution in [1.82, 2.24) is 10.7 Å². The number of rotatable bonds is 3. The van der Waals surface area contributed by atoms with Crippen molar-refractivity contribution in [3.63, 3.8) is 0 Å². The summed E-state index contributed by atoms with van der Waals surface area (Å²) < 4.78 is 0. The second kappa shape index (κ2) is 7.03. The van der Waals surface area contributed by atoms with E-state index in [1.54, 1.807) is 0 Å². The Morgan fingerprint density at radius 1 is 1.33 bits per heavy atom. The van der Waals surface area contributed by atoms with E-state index in [4.69, 9.17) is 12.2 Å². The summed E-state index contributed by atoms with van der Waals surface area (Å²) in [6.45, 7) is 7.64. The highest BCUT2D eigenvalue weighted by molar-refractivity contribution is 7.80. The zero-order valence-corrected chi connectivity index (χ0v) is 14.0. The fourth-order valence-corrected chi connectivity index (χ4v) is 3.27. The first-order valence-corrected chi connectivity index (χ1v) is 7.99. The number of nitrogens with one attached hydrogen (secondary N) is 2. The van der Waals surface area contributed by atoms with Crippen molar-refractivity contribution in [2.75, 3.05) is 0 Å². The van der Waals surface area contributed by atoms with Gasteiger partial charge >= 0.3 is 0 Å². The van der Waals surface area contributed by atoms with E-state index in [1.165, 1.54) is 17.7 Å². The monoisotopic (exact) mass is 303 g/mol. The van der Waals surface area contributed by atoms with E-state index in [9.17, 15) is 0 Å². The van der Waals surface area contributed by atoms with Gasteiger partial charge in [0.15, 0.2) is 5.11 Å². The van der Waals surface area contributed by atoms with Crippen LogP contribution in [0.1, 0.15) is 45.6 Å². The van der Waals surface area contributed by atoms with Gasteiger partial charge in [-0.25, -0.2) is 0 Å². The van der Waals surface area contributed by atoms with Crippen LogP contribution in [0.15, 0.2) is 35.4 Å². The van der Waals surface area contributed by atoms with Crippen LogP contribution >= 0.6 is 12.2 Å². The van der Waals surface area contributed by atoms with Crippen LogP contribution in [-0.2, 0) is 6.54 Å². The lowest BCUT2D eigenvalue weighted by atomic mass is 9.72. The largest absolute Gasteiger partial charge is 0.357 e. The van der Waals surface area contributed by atoms with Crippen LogP contribution in [0.4, 0.5) is 0 Å². The highest BCUT2D eigenvalue weighted by Crippen LogP contribution is 2.36. The lowest BCUT2D eigenvalue weighted by molar-refractivity contribution is 0.265. The van der Waals surface area contributed by atoms with Crippen LogP contribution in [-0.4, -0.2) is 10.8 Å². The van der Waals surface area contributed by atoms with Gasteiger partial charge in [0.25, 0.3) is 0 Å². The van der Waals surface area contributed by atoms with Crippen LogP contribution in [0.2, 0.25) is 0 Å². The van der Waals surface area contributed by atoms with Gasteiger partial charge in [0.05, 0.1) is 0 Å². The van der Waals surface area contributed by atoms with Crippen LogP contribution in [0.5, 0.6) is 0 Å². The zero-order chi connectivity index (χ0) is 15.3. The molecule has 0 radical (unpaired) electrons. The standard InChI is InChI=1S/C17H25N3S/c1-13-9-15(11-17(2,3)10-13)19-20-16(21)18-12-14-7-5-4-6-8-14/h4-8,13H,9-12H2,1-3H3,(H2,18,20,21)/b19-15-/t13-/m0/s1. The number of hydrogen-bond acceptors (Lipinski definition) is 2. The van der Waals surface area contributed by atoms with Crippen molar-refractivity contribution in [1.29, 1.82) is 0 Å². The molecule has 0 amide bonds. The summed E-state index contributed by atoms with van der Waals surface area (Å²) in [6, 6.07) is 10.2. The first-order valence-electron chi connectivity index (χ1n) is 7.58. The molecule has 0 unspecified atom stereocenters. The maximum atomic E-state index is 5.28. The van der Waals surface area contributed by atoms with Gasteiger partial charge in [-0.2, -0.15) is 5.10 Å². The molecule has 1 aliphatic carbocycles. The molecule has 21 heavy (non-hydrogen) atoms. The molecule has 114 valence electrons. The van der Waals surface area contributed by atoms with Gasteiger partial charge in [-0.1, -0.05) is 51.1 Å². The zero-order valence-electron chi connectivity index (χ0n) is 13.1. The molecule has 0 bridgehead atoms. The van der Waals surface area contributed by atoms with Crippen molar-refractivity contribution >= 4 is 23.0 Å². The molecule has 2 rings (SSSR count). The number of thiocarbonyl (C=S) groups is 1. The number of hydrogen-bond donors (Lipinski definition) is 2. The van der Waals surface area contributed by atoms with Gasteiger partial charge in [-0.15, -0.1) is 0 Å². The van der Waals surface area contributed by atoms with Gasteiger partial charge in [0.1, 0.15) is 0 Å². The second-order valence-electron chi connectivity index (χ2n) is 6.81. The average Bonchev–Trinajstić information content (AvgIpc) is 2.42. The maximum Gasteiger partial charge on any atom is 0.187 e. The molecule has 0 aromatic heterocycles. The topological polar surface area (TPSA) is 36.4 Å². The van der Waals surface area contributed by atoms with Gasteiger partial charge in [-0.05, 0) is 48.4 Å². The fraction of sp³-hybridized carbons (Fsp3) is 0.529. The van der Waals surface area contributed by atoms with Gasteiger partial charge < -0.3 is 5.32 Å². The quantitative estimate of drug-likeness (QED) is 0.658. The summed E-state index contributed by atoms with van der Waals surface area (Å²) in [5.41, 5.74) is 5.77. The van der Waals surface area contributed by atoms with E-state index in [0.717, 1.165) is 19.4 Å². The Kier molecular flexibility index (Phi) is 5.34. The molecule has 1 atom stereocenters. The fourth-order valence-electron chi connectivity index (χ4n) is 3.15. The van der Waals surface area contributed by atoms with Crippen molar-refractivity contribution in [3.05, 3.63) is 35.9 Å². The Morgan fingerprint density at radius 3 is 2.71 bits per heavy atom. The Hall–Kier alpha value is -1.42. The molecule has 0 heterocycles. The molecule has 1 fully saturated rings. The predicted octanol–water partition coefficient (Wildman–Crippen LogP) is 3.85. The third kappa shape index (κ3) is 5.46. The smallest absolute Gasteiger partial charge is 0.187 e. The van der Waals surface area contributed by atoms with Gasteiger partial charge in [0.2, 0.25) is 0 Å². The third-order valence-corrected chi connectivity index (χ3v) is 4.01. The summed E-state index contributed by atoms with van der Waals surface area (Å²) >= 11 is 5.28. The van der Waals surface area contributed by atoms with E-state index >= 15 is 0 Å². The van der Waals surface area contributed by atoms with Crippen LogP contribution in [0.25, 0.3) is 0 Å². The molecule has 0 saturated heterocycles. The summed E-state index contributed by atoms with van der Waals surface area (Å²) in [5.74, 6) is 0.695. The average molecular weight is 303 g/mol. The van der Waals surface area contributed by atoms with Crippen molar-refractivity contribution in [2.45, 2.75) is 46.6 Å². The minimum atomic E-state index is 0.345. The predicted molar refractivity (Wildman–Crippen MR) is 93.2 cm³/mol. The summed E-state index contributed by atoms with van der Waals surface area (Å²) in [5, 5.41) is 8.27. The van der Waals surface area contributed by atoms with E-state index in [1.807, 2.05) is 18.2 Å². The molecule has 1 aromatic carbocycles. The lowest BCUT2D eigenvalue weighted by Crippen LogP contribution is -2.34. The molecule has 0 aliphatic heterocycles.